The van der Waals surface area contributed by atoms with Crippen LogP contribution in [-0.2, 0) is 45.5 Å². The number of anilines is 2. The van der Waals surface area contributed by atoms with Crippen LogP contribution in [0.1, 0.15) is 169 Å². The summed E-state index contributed by atoms with van der Waals surface area (Å²) in [6, 6.07) is 9.07. The molecular formula is C58H84N14O14. The number of hydrogen-bond acceptors (Lipinski definition) is 18. The van der Waals surface area contributed by atoms with Gasteiger partial charge < -0.3 is 10.6 Å². The average Bonchev–Trinajstić information content (AvgIpc) is 0.958. The minimum atomic E-state index is -0.918. The fraction of sp³-hybridized carbons (Fsp3) is 0.552. The molecule has 0 fully saturated rings. The molecule has 0 bridgehead atoms. The van der Waals surface area contributed by atoms with Crippen LogP contribution in [-0.4, -0.2) is 87.7 Å². The number of hydrogen-bond donors (Lipinski definition) is 4. The lowest BCUT2D eigenvalue weighted by atomic mass is 10.1. The van der Waals surface area contributed by atoms with Gasteiger partial charge in [0.05, 0.1) is 34.2 Å². The van der Waals surface area contributed by atoms with E-state index in [1.54, 1.807) is 53.7 Å². The lowest BCUT2D eigenvalue weighted by molar-refractivity contribution is 0.149. The van der Waals surface area contributed by atoms with Gasteiger partial charge in [-0.1, -0.05) is 99.0 Å². The number of aryl methyl sites for hydroxylation is 2. The molecular weight excluding hydrogens is 1120 g/mol. The molecule has 2 heterocycles. The highest BCUT2D eigenvalue weighted by Crippen LogP contribution is 2.20. The second-order valence-corrected chi connectivity index (χ2v) is 20.6. The zero-order valence-corrected chi connectivity index (χ0v) is 51.2. The molecule has 0 radical (unpaired) electrons. The SMILES string of the molecule is CC/C(C)=N\OC(=O)Nc1cc(-n2c(=O)n(CCCCCCNC(=O)O/N=C(\C)CC)c(=O)n(CCCCCCn3c(=O)n(CCCCCCNC(=O)O/N=C(\C)CC)c(=O)n(-c4ccc(C)c(NC(=O)O/N=C(\C)CC)c4)c3=O)c2=O)ccc1C. The van der Waals surface area contributed by atoms with Crippen molar-refractivity contribution in [3.05, 3.63) is 110 Å². The van der Waals surface area contributed by atoms with E-state index in [-0.39, 0.29) is 61.8 Å². The molecule has 0 atom stereocenters. The summed E-state index contributed by atoms with van der Waals surface area (Å²) in [5, 5.41) is 25.5. The standard InChI is InChI=1S/C58H84N14O14/c1-11-41(7)63-83-49(73)59-31-21-15-17-23-33-67-53(77)69(57(81)71(55(67)79)45-29-27-39(5)47(37-45)61-51(75)85-65-43(9)13-3)35-25-19-20-26-36-70-54(78)68(34-24-18-16-22-32-60-50(74)84-64-42(8)12-2)56(80)72(58(70)82)46-30-28-40(6)48(38-46)62-52(76)86-66-44(10)14-4/h27-30,37-38H,11-26,31-36H2,1-10H3,(H,59,73)(H,60,74)(H,61,75)(H,62,76)/b63-41+,64-42+,65-43-,66-44+. The van der Waals surface area contributed by atoms with Gasteiger partial charge in [-0.05, 0) is 141 Å². The number of amides is 4. The summed E-state index contributed by atoms with van der Waals surface area (Å²) in [7, 11) is 0. The van der Waals surface area contributed by atoms with E-state index >= 15 is 0 Å². The van der Waals surface area contributed by atoms with Gasteiger partial charge in [0.2, 0.25) is 0 Å². The zero-order chi connectivity index (χ0) is 63.3. The Hall–Kier alpha value is -8.98. The Labute approximate surface area is 497 Å². The highest BCUT2D eigenvalue weighted by atomic mass is 16.7. The highest BCUT2D eigenvalue weighted by Gasteiger charge is 2.21. The van der Waals surface area contributed by atoms with Crippen molar-refractivity contribution in [1.82, 2.24) is 38.0 Å². The van der Waals surface area contributed by atoms with E-state index in [1.165, 1.54) is 24.3 Å². The normalized spacial score (nSPS) is 12.0. The molecule has 470 valence electrons. The van der Waals surface area contributed by atoms with Crippen molar-refractivity contribution in [2.75, 3.05) is 23.7 Å². The zero-order valence-electron chi connectivity index (χ0n) is 51.2. The monoisotopic (exact) mass is 1200 g/mol. The van der Waals surface area contributed by atoms with Gasteiger partial charge in [-0.15, -0.1) is 0 Å². The third kappa shape index (κ3) is 21.6. The predicted octanol–water partition coefficient (Wildman–Crippen LogP) is 8.33. The van der Waals surface area contributed by atoms with E-state index in [4.69, 9.17) is 19.4 Å². The summed E-state index contributed by atoms with van der Waals surface area (Å²) in [4.78, 5) is 154. The minimum Gasteiger partial charge on any atom is -0.320 e. The summed E-state index contributed by atoms with van der Waals surface area (Å²) in [6.07, 6.45) is 4.73. The first-order valence-corrected chi connectivity index (χ1v) is 29.3. The maximum Gasteiger partial charge on any atom is 0.437 e. The van der Waals surface area contributed by atoms with E-state index in [2.05, 4.69) is 41.9 Å². The van der Waals surface area contributed by atoms with E-state index in [1.807, 2.05) is 27.7 Å². The molecule has 0 saturated heterocycles. The predicted molar refractivity (Wildman–Crippen MR) is 329 cm³/mol. The smallest absolute Gasteiger partial charge is 0.320 e. The van der Waals surface area contributed by atoms with Crippen molar-refractivity contribution in [2.24, 2.45) is 20.6 Å². The lowest BCUT2D eigenvalue weighted by Crippen LogP contribution is -2.54. The molecule has 2 aromatic carbocycles. The number of oxime groups is 4. The number of unbranched alkanes of at least 4 members (excludes halogenated alkanes) is 9. The van der Waals surface area contributed by atoms with Gasteiger partial charge in [0.15, 0.2) is 0 Å². The van der Waals surface area contributed by atoms with Gasteiger partial charge in [0.25, 0.3) is 0 Å². The van der Waals surface area contributed by atoms with Crippen molar-refractivity contribution >= 4 is 58.6 Å². The molecule has 4 amide bonds. The van der Waals surface area contributed by atoms with Crippen molar-refractivity contribution in [2.45, 2.75) is 198 Å². The van der Waals surface area contributed by atoms with Crippen LogP contribution in [0.5, 0.6) is 0 Å². The molecule has 4 N–H and O–H groups in total. The van der Waals surface area contributed by atoms with Crippen molar-refractivity contribution in [3.63, 3.8) is 0 Å². The van der Waals surface area contributed by atoms with Crippen molar-refractivity contribution < 1.29 is 38.5 Å². The van der Waals surface area contributed by atoms with Gasteiger partial charge in [-0.2, -0.15) is 0 Å². The number of nitrogens with zero attached hydrogens (tertiary/aromatic N) is 10. The number of carbonyl (C=O) groups excluding carboxylic acids is 4. The van der Waals surface area contributed by atoms with E-state index in [0.717, 1.165) is 27.4 Å². The summed E-state index contributed by atoms with van der Waals surface area (Å²) in [5.74, 6) is 0. The van der Waals surface area contributed by atoms with Crippen molar-refractivity contribution in [3.8, 4) is 11.4 Å². The third-order valence-corrected chi connectivity index (χ3v) is 13.9. The largest absolute Gasteiger partial charge is 0.437 e. The van der Waals surface area contributed by atoms with E-state index in [9.17, 15) is 47.9 Å². The molecule has 0 aliphatic carbocycles. The van der Waals surface area contributed by atoms with Crippen LogP contribution < -0.4 is 55.4 Å². The second kappa shape index (κ2) is 36.0. The number of nitrogens with one attached hydrogen (secondary N) is 4. The van der Waals surface area contributed by atoms with Crippen LogP contribution in [0.15, 0.2) is 85.8 Å². The Morgan fingerprint density at radius 1 is 0.384 bits per heavy atom. The van der Waals surface area contributed by atoms with Crippen LogP contribution in [0.25, 0.3) is 11.4 Å². The Bertz CT molecular complexity index is 3260. The van der Waals surface area contributed by atoms with Crippen molar-refractivity contribution in [1.29, 1.82) is 0 Å². The second-order valence-electron chi connectivity index (χ2n) is 20.6. The number of rotatable bonds is 33. The number of carbonyl (C=O) groups is 4. The Balaban J connectivity index is 1.59. The van der Waals surface area contributed by atoms with Crippen LogP contribution in [0.2, 0.25) is 0 Å². The van der Waals surface area contributed by atoms with E-state index < -0.39 is 58.5 Å². The minimum absolute atomic E-state index is 0.0451. The van der Waals surface area contributed by atoms with Gasteiger partial charge in [-0.3, -0.25) is 30.0 Å². The Kier molecular flexibility index (Phi) is 29.1. The van der Waals surface area contributed by atoms with Gasteiger partial charge in [0.1, 0.15) is 0 Å². The molecule has 4 aromatic rings. The molecule has 0 aliphatic heterocycles. The maximum atomic E-state index is 14.3. The van der Waals surface area contributed by atoms with Gasteiger partial charge >= 0.3 is 58.5 Å². The van der Waals surface area contributed by atoms with Crippen LogP contribution in [0.3, 0.4) is 0 Å². The molecule has 86 heavy (non-hydrogen) atoms. The first-order valence-electron chi connectivity index (χ1n) is 29.3. The molecule has 2 aromatic heterocycles. The Morgan fingerprint density at radius 2 is 0.651 bits per heavy atom. The lowest BCUT2D eigenvalue weighted by Gasteiger charge is -2.16. The molecule has 28 heteroatoms. The number of benzene rings is 2. The van der Waals surface area contributed by atoms with Crippen LogP contribution >= 0.6 is 0 Å². The summed E-state index contributed by atoms with van der Waals surface area (Å²) < 4.78 is 5.66. The fourth-order valence-electron chi connectivity index (χ4n) is 8.08. The van der Waals surface area contributed by atoms with Crippen LogP contribution in [0.4, 0.5) is 30.6 Å². The molecule has 0 saturated carbocycles. The summed E-state index contributed by atoms with van der Waals surface area (Å²) >= 11 is 0. The topological polar surface area (TPSA) is 335 Å². The third-order valence-electron chi connectivity index (χ3n) is 13.9. The van der Waals surface area contributed by atoms with Crippen LogP contribution in [0, 0.1) is 13.8 Å². The Morgan fingerprint density at radius 3 is 0.930 bits per heavy atom. The molecule has 0 aliphatic rings. The van der Waals surface area contributed by atoms with E-state index in [0.29, 0.717) is 137 Å². The first-order chi connectivity index (χ1) is 41.1. The number of aromatic nitrogens is 6. The van der Waals surface area contributed by atoms with Gasteiger partial charge in [0, 0.05) is 50.6 Å². The fourth-order valence-corrected chi connectivity index (χ4v) is 8.08. The average molecular weight is 1200 g/mol. The summed E-state index contributed by atoms with van der Waals surface area (Å²) in [5.41, 5.74) is -1.08. The quantitative estimate of drug-likeness (QED) is 0.0151. The van der Waals surface area contributed by atoms with Gasteiger partial charge in [-0.25, -0.2) is 75.3 Å². The molecule has 0 unspecified atom stereocenters. The highest BCUT2D eigenvalue weighted by molar-refractivity contribution is 5.89. The summed E-state index contributed by atoms with van der Waals surface area (Å²) in [6.45, 7) is 18.0. The molecule has 0 spiro atoms. The molecule has 28 nitrogen and oxygen atoms in total. The molecule has 4 rings (SSSR count). The first kappa shape index (κ1) is 69.5. The maximum absolute atomic E-state index is 14.3.